The first kappa shape index (κ1) is 116. The molecule has 0 aromatic rings. The lowest BCUT2D eigenvalue weighted by Gasteiger charge is -2.27. The lowest BCUT2D eigenvalue weighted by Crippen LogP contribution is -2.46. The van der Waals surface area contributed by atoms with Crippen LogP contribution in [0.25, 0.3) is 0 Å². The SMILES string of the molecule is CC(C)=CCC(=O)C1(O)C(O)=C(C(=O)C(C)C)C(=O)[C@H]1CC=C(C)C.CC(C)=CCC(=O)C1(O)C(O)=C(C(=O)CC(C)C)C(=O)[C@H]1CC=C(C)C.CC(C)=CCC(=O)C1(O)C(O)=C(C(=O)CCC(C)C)C(=O)[C@H]1CC=C(C)C.CCC(=O)C1=C(O)C(O)(C(=O)CC=C(C)C)[C@H](CC=C(C)C)C1=O.CCC(C)C(=O)C1=C(O)C(O)(C(=O)CC=C(C)C)[C@H](CC=C(C)C)C1=O. The van der Waals surface area contributed by atoms with Gasteiger partial charge in [0.1, 0.15) is 56.7 Å². The summed E-state index contributed by atoms with van der Waals surface area (Å²) in [7, 11) is 0. The zero-order valence-electron chi connectivity index (χ0n) is 81.2. The number of carbonyl (C=O) groups is 15. The summed E-state index contributed by atoms with van der Waals surface area (Å²) in [4.78, 5) is 189. The molecular formula is C103H146O25. The number of Topliss-reactive ketones (excluding diaryl/α,β-unsaturated/α-hetero) is 15. The maximum atomic E-state index is 12.9. The van der Waals surface area contributed by atoms with Crippen LogP contribution in [0.3, 0.4) is 0 Å². The summed E-state index contributed by atoms with van der Waals surface area (Å²) in [6, 6.07) is 0. The zero-order chi connectivity index (χ0) is 99.6. The first-order valence-electron chi connectivity index (χ1n) is 44.0. The maximum Gasteiger partial charge on any atom is 0.191 e. The lowest BCUT2D eigenvalue weighted by atomic mass is 9.81. The molecule has 0 saturated carbocycles. The van der Waals surface area contributed by atoms with Crippen molar-refractivity contribution in [2.45, 2.75) is 325 Å². The van der Waals surface area contributed by atoms with E-state index >= 15 is 0 Å². The standard InChI is InChI=1S/C22H32O5.2C21H30O5.C20H28O5.C19H26O5/c1-13(2)7-10-16-20(25)19(17(23)11-8-14(3)4)21(26)22(16,27)18(24)12-9-15(5)6;1-12(2)7-9-15-19(24)18(16(22)11-14(5)6)20(25)21(15,26)17(23)10-8-13(3)4;1-7-14(6)18(23)17-19(24)15(10-8-12(2)3)21(26,20(17)25)16(22)11-9-13(4)5;1-11(2)7-9-14-18(23)16(17(22)13(5)6)19(24)20(14,25)15(21)10-8-12(3)4;1-6-14(20)16-17(22)13(9-7-11(2)3)19(24,18(16)23)15(21)10-8-12(4)5/h7,9,14,16,26-27H,8,10-12H2,1-6H3;7-8,14-15,25-26H,9-11H2,1-6H3;8-9,14-15,25-26H,7,10-11H2,1-6H3;7-8,13-14,24-25H,9-10H2,1-6H3;7-8,13,23-24H,6,9-10H2,1-5H3/t16-,22?;15-,21?;14?,15-,21?;14-,20?;13-,19?/m11111/s1. The van der Waals surface area contributed by atoms with E-state index in [1.807, 2.05) is 138 Å². The molecule has 0 heterocycles. The number of aliphatic hydroxyl groups excluding tert-OH is 5. The minimum absolute atomic E-state index is 0.0121. The average molecular weight is 1780 g/mol. The second-order valence-electron chi connectivity index (χ2n) is 37.5. The summed E-state index contributed by atoms with van der Waals surface area (Å²) >= 11 is 0. The van der Waals surface area contributed by atoms with Crippen molar-refractivity contribution in [3.63, 3.8) is 0 Å². The number of hydrogen-bond acceptors (Lipinski definition) is 25. The number of ketones is 15. The number of hydrogen-bond donors (Lipinski definition) is 10. The molecule has 6 unspecified atom stereocenters. The number of rotatable bonds is 39. The van der Waals surface area contributed by atoms with Crippen LogP contribution in [0.5, 0.6) is 0 Å². The summed E-state index contributed by atoms with van der Waals surface area (Å²) in [6.45, 7) is 52.2. The Morgan fingerprint density at radius 1 is 0.289 bits per heavy atom. The van der Waals surface area contributed by atoms with Gasteiger partial charge in [0.2, 0.25) is 0 Å². The van der Waals surface area contributed by atoms with Crippen molar-refractivity contribution in [3.05, 3.63) is 173 Å². The molecule has 5 aliphatic rings. The van der Waals surface area contributed by atoms with Crippen molar-refractivity contribution in [1.29, 1.82) is 0 Å². The third-order valence-electron chi connectivity index (χ3n) is 22.5. The molecule has 0 aromatic carbocycles. The van der Waals surface area contributed by atoms with Gasteiger partial charge in [-0.1, -0.05) is 179 Å². The van der Waals surface area contributed by atoms with Crippen LogP contribution in [0.2, 0.25) is 0 Å². The molecule has 5 aliphatic carbocycles. The summed E-state index contributed by atoms with van der Waals surface area (Å²) in [6.07, 6.45) is 17.8. The first-order chi connectivity index (χ1) is 58.8. The molecule has 25 heteroatoms. The van der Waals surface area contributed by atoms with Crippen LogP contribution in [0.4, 0.5) is 0 Å². The van der Waals surface area contributed by atoms with Crippen LogP contribution in [0.15, 0.2) is 173 Å². The smallest absolute Gasteiger partial charge is 0.191 e. The highest BCUT2D eigenvalue weighted by Crippen LogP contribution is 2.48. The molecule has 0 saturated heterocycles. The van der Waals surface area contributed by atoms with E-state index < -0.39 is 213 Å². The van der Waals surface area contributed by atoms with Crippen molar-refractivity contribution in [1.82, 2.24) is 0 Å². The van der Waals surface area contributed by atoms with Gasteiger partial charge in [-0.25, -0.2) is 0 Å². The van der Waals surface area contributed by atoms with Crippen LogP contribution in [0.1, 0.15) is 297 Å². The van der Waals surface area contributed by atoms with E-state index in [0.29, 0.717) is 12.8 Å². The van der Waals surface area contributed by atoms with Gasteiger partial charge in [0.25, 0.3) is 0 Å². The molecule has 11 atom stereocenters. The molecule has 10 N–H and O–H groups in total. The summed E-state index contributed by atoms with van der Waals surface area (Å²) in [5.74, 6) is -20.0. The summed E-state index contributed by atoms with van der Waals surface area (Å²) in [5, 5.41) is 108. The molecule has 128 heavy (non-hydrogen) atoms. The zero-order valence-corrected chi connectivity index (χ0v) is 81.2. The monoisotopic (exact) mass is 1780 g/mol. The predicted octanol–water partition coefficient (Wildman–Crippen LogP) is 17.5. The van der Waals surface area contributed by atoms with E-state index in [9.17, 15) is 123 Å². The van der Waals surface area contributed by atoms with Crippen molar-refractivity contribution in [2.75, 3.05) is 0 Å². The van der Waals surface area contributed by atoms with Gasteiger partial charge in [-0.15, -0.1) is 0 Å². The quantitative estimate of drug-likeness (QED) is 0.0202. The fraction of sp³-hybridized carbons (Fsp3) is 0.563. The summed E-state index contributed by atoms with van der Waals surface area (Å²) < 4.78 is 0. The Bertz CT molecular complexity index is 4760. The number of aliphatic hydroxyl groups is 10. The van der Waals surface area contributed by atoms with E-state index in [1.54, 1.807) is 123 Å². The first-order valence-corrected chi connectivity index (χ1v) is 44.0. The molecule has 25 nitrogen and oxygen atoms in total. The molecule has 0 radical (unpaired) electrons. The minimum atomic E-state index is -2.35. The Morgan fingerprint density at radius 3 is 0.688 bits per heavy atom. The van der Waals surface area contributed by atoms with E-state index in [4.69, 9.17) is 0 Å². The average Bonchev–Trinajstić information content (AvgIpc) is 1.55. The van der Waals surface area contributed by atoms with Crippen molar-refractivity contribution in [3.8, 4) is 0 Å². The van der Waals surface area contributed by atoms with Crippen LogP contribution in [-0.2, 0) is 71.9 Å². The number of carbonyl (C=O) groups excluding carboxylic acids is 15. The normalized spacial score (nSPS) is 22.9. The van der Waals surface area contributed by atoms with Crippen molar-refractivity contribution < 1.29 is 123 Å². The summed E-state index contributed by atoms with van der Waals surface area (Å²) in [5.41, 5.74) is -4.88. The van der Waals surface area contributed by atoms with Gasteiger partial charge in [-0.2, -0.15) is 0 Å². The molecule has 708 valence electrons. The molecule has 0 spiro atoms. The second-order valence-corrected chi connectivity index (χ2v) is 37.5. The fourth-order valence-electron chi connectivity index (χ4n) is 14.4. The third kappa shape index (κ3) is 28.7. The van der Waals surface area contributed by atoms with Gasteiger partial charge >= 0.3 is 0 Å². The van der Waals surface area contributed by atoms with Crippen LogP contribution in [-0.4, -0.2) is 166 Å². The van der Waals surface area contributed by atoms with Gasteiger partial charge in [0.15, 0.2) is 115 Å². The Morgan fingerprint density at radius 2 is 0.492 bits per heavy atom. The molecular weight excluding hydrogens is 1640 g/mol. The third-order valence-corrected chi connectivity index (χ3v) is 22.5. The lowest BCUT2D eigenvalue weighted by molar-refractivity contribution is -0.144. The van der Waals surface area contributed by atoms with E-state index in [-0.39, 0.29) is 95.3 Å². The minimum Gasteiger partial charge on any atom is -0.508 e. The van der Waals surface area contributed by atoms with Gasteiger partial charge in [-0.05, 0) is 195 Å². The molecule has 0 aliphatic heterocycles. The predicted molar refractivity (Wildman–Crippen MR) is 494 cm³/mol. The Hall–Kier alpha value is -10.1. The molecule has 0 aromatic heterocycles. The maximum absolute atomic E-state index is 12.9. The fourth-order valence-corrected chi connectivity index (χ4v) is 14.4. The Balaban J connectivity index is 0.000000800. The van der Waals surface area contributed by atoms with Crippen LogP contribution < -0.4 is 0 Å². The molecule has 0 amide bonds. The van der Waals surface area contributed by atoms with Crippen molar-refractivity contribution in [2.24, 2.45) is 53.3 Å². The molecule has 0 fully saturated rings. The van der Waals surface area contributed by atoms with Gasteiger partial charge in [-0.3, -0.25) is 71.9 Å². The van der Waals surface area contributed by atoms with E-state index in [2.05, 4.69) is 0 Å². The molecule has 5 rings (SSSR count). The van der Waals surface area contributed by atoms with E-state index in [1.165, 1.54) is 0 Å². The highest BCUT2D eigenvalue weighted by molar-refractivity contribution is 6.30. The van der Waals surface area contributed by atoms with Crippen LogP contribution in [0, 0.1) is 53.3 Å². The molecule has 0 bridgehead atoms. The largest absolute Gasteiger partial charge is 0.508 e. The Kier molecular flexibility index (Phi) is 45.5. The van der Waals surface area contributed by atoms with Crippen molar-refractivity contribution >= 4 is 86.7 Å². The van der Waals surface area contributed by atoms with Gasteiger partial charge < -0.3 is 51.1 Å². The van der Waals surface area contributed by atoms with Gasteiger partial charge in [0, 0.05) is 63.2 Å². The van der Waals surface area contributed by atoms with Gasteiger partial charge in [0.05, 0.1) is 29.6 Å². The highest BCUT2D eigenvalue weighted by atomic mass is 16.4. The second kappa shape index (κ2) is 50.2. The topological polar surface area (TPSA) is 458 Å². The Labute approximate surface area is 757 Å². The van der Waals surface area contributed by atoms with E-state index in [0.717, 1.165) is 55.7 Å². The highest BCUT2D eigenvalue weighted by Gasteiger charge is 2.63. The van der Waals surface area contributed by atoms with Crippen LogP contribution >= 0.6 is 0 Å². The number of allylic oxidation sites excluding steroid dienone is 25.